The van der Waals surface area contributed by atoms with E-state index in [4.69, 9.17) is 0 Å². The molecule has 0 fully saturated rings. The first-order valence-corrected chi connectivity index (χ1v) is 8.97. The number of nitrogens with one attached hydrogen (secondary N) is 2. The molecule has 0 atom stereocenters. The summed E-state index contributed by atoms with van der Waals surface area (Å²) in [5.74, 6) is 0. The Morgan fingerprint density at radius 3 is 1.21 bits per heavy atom. The van der Waals surface area contributed by atoms with Crippen molar-refractivity contribution in [2.24, 2.45) is 0 Å². The second kappa shape index (κ2) is 8.00. The van der Waals surface area contributed by atoms with Gasteiger partial charge in [-0.2, -0.15) is 0 Å². The van der Waals surface area contributed by atoms with Crippen molar-refractivity contribution in [3.05, 3.63) is 103 Å². The Balaban J connectivity index is 2.42. The minimum atomic E-state index is -0.350. The van der Waals surface area contributed by atoms with Crippen LogP contribution in [0.1, 0.15) is 11.1 Å². The van der Waals surface area contributed by atoms with Gasteiger partial charge >= 0.3 is 0 Å². The first-order valence-electron chi connectivity index (χ1n) is 8.97. The van der Waals surface area contributed by atoms with Crippen molar-refractivity contribution in [1.82, 2.24) is 19.8 Å². The Morgan fingerprint density at radius 1 is 0.607 bits per heavy atom. The lowest BCUT2D eigenvalue weighted by molar-refractivity contribution is 0.580. The van der Waals surface area contributed by atoms with Gasteiger partial charge in [-0.3, -0.25) is 9.59 Å². The average molecular weight is 376 g/mol. The fraction of sp³-hybridized carbons (Fsp3) is 0.182. The number of hydrogen-bond acceptors (Lipinski definition) is 4. The van der Waals surface area contributed by atoms with Gasteiger partial charge in [0, 0.05) is 39.3 Å². The van der Waals surface area contributed by atoms with Crippen LogP contribution in [-0.4, -0.2) is 48.0 Å². The van der Waals surface area contributed by atoms with Crippen LogP contribution in [0.15, 0.2) is 70.3 Å². The van der Waals surface area contributed by atoms with Crippen molar-refractivity contribution >= 4 is 11.4 Å². The van der Waals surface area contributed by atoms with Gasteiger partial charge < -0.3 is 19.8 Å². The summed E-state index contributed by atoms with van der Waals surface area (Å²) in [6, 6.07) is 19.0. The molecule has 28 heavy (non-hydrogen) atoms. The lowest BCUT2D eigenvalue weighted by Crippen LogP contribution is -2.50. The zero-order chi connectivity index (χ0) is 20.3. The third kappa shape index (κ3) is 3.76. The topological polar surface area (TPSA) is 72.2 Å². The number of aromatic nitrogens is 2. The SMILES string of the molecule is CN(C)C(c1ccccc1)=c1[nH]c(=O)c(=C(c2ccccc2)N(C)C)[nH]c1=O. The summed E-state index contributed by atoms with van der Waals surface area (Å²) in [4.78, 5) is 35.2. The Morgan fingerprint density at radius 2 is 0.929 bits per heavy atom. The summed E-state index contributed by atoms with van der Waals surface area (Å²) in [6.45, 7) is 0. The average Bonchev–Trinajstić information content (AvgIpc) is 2.67. The van der Waals surface area contributed by atoms with Gasteiger partial charge in [0.2, 0.25) is 0 Å². The molecule has 0 radical (unpaired) electrons. The molecule has 0 amide bonds. The van der Waals surface area contributed by atoms with Crippen molar-refractivity contribution in [2.75, 3.05) is 28.2 Å². The summed E-state index contributed by atoms with van der Waals surface area (Å²) in [7, 11) is 7.37. The molecule has 0 bridgehead atoms. The summed E-state index contributed by atoms with van der Waals surface area (Å²) in [5, 5.41) is 0.465. The standard InChI is InChI=1S/C22H24N4O2/c1-25(2)19(15-11-7-5-8-12-15)17-21(27)24-18(22(28)23-17)20(26(3)4)16-13-9-6-10-14-16/h5-14H,1-4H3,(H,23,28)(H,24,27). The summed E-state index contributed by atoms with van der Waals surface area (Å²) >= 11 is 0. The Hall–Kier alpha value is -3.54. The highest BCUT2D eigenvalue weighted by molar-refractivity contribution is 5.63. The molecule has 0 saturated heterocycles. The van der Waals surface area contributed by atoms with E-state index in [1.54, 1.807) is 0 Å². The van der Waals surface area contributed by atoms with Crippen molar-refractivity contribution < 1.29 is 0 Å². The molecule has 3 aromatic rings. The number of hydrogen-bond donors (Lipinski definition) is 2. The van der Waals surface area contributed by atoms with Crippen molar-refractivity contribution in [3.63, 3.8) is 0 Å². The Bertz CT molecular complexity index is 1090. The van der Waals surface area contributed by atoms with E-state index in [0.717, 1.165) is 11.1 Å². The van der Waals surface area contributed by atoms with Crippen LogP contribution in [0.2, 0.25) is 0 Å². The third-order valence-corrected chi connectivity index (χ3v) is 4.39. The molecule has 0 saturated carbocycles. The van der Waals surface area contributed by atoms with E-state index in [1.807, 2.05) is 98.7 Å². The molecule has 1 heterocycles. The third-order valence-electron chi connectivity index (χ3n) is 4.39. The van der Waals surface area contributed by atoms with Crippen molar-refractivity contribution in [1.29, 1.82) is 0 Å². The lowest BCUT2D eigenvalue weighted by Gasteiger charge is -2.18. The normalized spacial score (nSPS) is 13.0. The highest BCUT2D eigenvalue weighted by Crippen LogP contribution is 2.12. The van der Waals surface area contributed by atoms with Gasteiger partial charge in [0.05, 0.1) is 11.4 Å². The lowest BCUT2D eigenvalue weighted by atomic mass is 10.1. The zero-order valence-electron chi connectivity index (χ0n) is 16.5. The van der Waals surface area contributed by atoms with E-state index in [2.05, 4.69) is 9.97 Å². The number of rotatable bonds is 4. The molecule has 1 aromatic heterocycles. The van der Waals surface area contributed by atoms with Crippen LogP contribution in [0.25, 0.3) is 11.4 Å². The fourth-order valence-electron chi connectivity index (χ4n) is 3.24. The van der Waals surface area contributed by atoms with E-state index in [-0.39, 0.29) is 21.8 Å². The molecule has 0 aliphatic rings. The molecule has 6 heteroatoms. The summed E-state index contributed by atoms with van der Waals surface area (Å²) in [6.07, 6.45) is 0. The molecule has 2 N–H and O–H groups in total. The zero-order valence-corrected chi connectivity index (χ0v) is 16.5. The molecular formula is C22H24N4O2. The van der Waals surface area contributed by atoms with Gasteiger partial charge in [0.15, 0.2) is 0 Å². The van der Waals surface area contributed by atoms with Crippen LogP contribution in [-0.2, 0) is 0 Å². The molecule has 0 spiro atoms. The maximum absolute atomic E-state index is 13.0. The molecule has 0 unspecified atom stereocenters. The molecule has 6 nitrogen and oxygen atoms in total. The van der Waals surface area contributed by atoms with Crippen LogP contribution in [0.3, 0.4) is 0 Å². The minimum Gasteiger partial charge on any atom is -0.375 e. The first kappa shape index (κ1) is 19.2. The molecular weight excluding hydrogens is 352 g/mol. The van der Waals surface area contributed by atoms with E-state index in [0.29, 0.717) is 11.4 Å². The minimum absolute atomic E-state index is 0.233. The maximum Gasteiger partial charge on any atom is 0.274 e. The van der Waals surface area contributed by atoms with Crippen LogP contribution < -0.4 is 21.8 Å². The van der Waals surface area contributed by atoms with E-state index < -0.39 is 0 Å². The van der Waals surface area contributed by atoms with Crippen molar-refractivity contribution in [2.45, 2.75) is 0 Å². The Labute approximate surface area is 163 Å². The highest BCUT2D eigenvalue weighted by atomic mass is 16.1. The summed E-state index contributed by atoms with van der Waals surface area (Å²) in [5.41, 5.74) is 2.30. The van der Waals surface area contributed by atoms with Gasteiger partial charge in [-0.15, -0.1) is 0 Å². The molecule has 0 aliphatic heterocycles. The van der Waals surface area contributed by atoms with Gasteiger partial charge in [-0.1, -0.05) is 60.7 Å². The second-order valence-corrected chi connectivity index (χ2v) is 6.88. The fourth-order valence-corrected chi connectivity index (χ4v) is 3.24. The van der Waals surface area contributed by atoms with Crippen LogP contribution in [0.4, 0.5) is 0 Å². The van der Waals surface area contributed by atoms with E-state index in [9.17, 15) is 9.59 Å². The number of H-pyrrole nitrogens is 2. The summed E-state index contributed by atoms with van der Waals surface area (Å²) < 4.78 is 0. The van der Waals surface area contributed by atoms with Gasteiger partial charge in [0.25, 0.3) is 11.1 Å². The first-order chi connectivity index (χ1) is 13.4. The van der Waals surface area contributed by atoms with Gasteiger partial charge in [-0.05, 0) is 0 Å². The van der Waals surface area contributed by atoms with E-state index >= 15 is 0 Å². The number of benzene rings is 2. The number of aromatic amines is 2. The van der Waals surface area contributed by atoms with E-state index in [1.165, 1.54) is 0 Å². The Kier molecular flexibility index (Phi) is 5.49. The second-order valence-electron chi connectivity index (χ2n) is 6.88. The highest BCUT2D eigenvalue weighted by Gasteiger charge is 2.12. The molecule has 144 valence electrons. The van der Waals surface area contributed by atoms with Gasteiger partial charge in [-0.25, -0.2) is 0 Å². The quantitative estimate of drug-likeness (QED) is 0.696. The smallest absolute Gasteiger partial charge is 0.274 e. The number of nitrogens with zero attached hydrogens (tertiary/aromatic N) is 2. The van der Waals surface area contributed by atoms with Crippen LogP contribution >= 0.6 is 0 Å². The molecule has 3 rings (SSSR count). The molecule has 2 aromatic carbocycles. The van der Waals surface area contributed by atoms with Crippen LogP contribution in [0, 0.1) is 0 Å². The van der Waals surface area contributed by atoms with Gasteiger partial charge in [0.1, 0.15) is 10.7 Å². The largest absolute Gasteiger partial charge is 0.375 e. The van der Waals surface area contributed by atoms with Crippen molar-refractivity contribution in [3.8, 4) is 0 Å². The monoisotopic (exact) mass is 376 g/mol. The van der Waals surface area contributed by atoms with Crippen LogP contribution in [0.5, 0.6) is 0 Å². The predicted octanol–water partition coefficient (Wildman–Crippen LogP) is 0.499. The maximum atomic E-state index is 13.0. The predicted molar refractivity (Wildman–Crippen MR) is 112 cm³/mol. The molecule has 0 aliphatic carbocycles.